The quantitative estimate of drug-likeness (QED) is 0.0564. The van der Waals surface area contributed by atoms with Crippen LogP contribution >= 0.6 is 11.3 Å². The largest absolute Gasteiger partial charge is 0.497 e. The molecule has 1 aliphatic heterocycles. The number of carboxylic acids is 1. The molecule has 4 heterocycles. The number of thiazole rings is 1. The van der Waals surface area contributed by atoms with Gasteiger partial charge in [-0.15, -0.1) is 10.2 Å². The predicted molar refractivity (Wildman–Crippen MR) is 232 cm³/mol. The summed E-state index contributed by atoms with van der Waals surface area (Å²) in [5.74, 6) is 1.37. The molecule has 4 fully saturated rings. The van der Waals surface area contributed by atoms with Crippen LogP contribution in [0.25, 0.3) is 15.8 Å². The molecular formula is C44H57N9O5S. The number of aliphatic hydroxyl groups is 1. The smallest absolute Gasteiger partial charge is 0.355 e. The Kier molecular flexibility index (Phi) is 11.2. The summed E-state index contributed by atoms with van der Waals surface area (Å²) in [6.45, 7) is 12.4. The number of nitrogens with zero attached hydrogens (tertiary/aromatic N) is 6. The molecule has 0 radical (unpaired) electrons. The molecule has 59 heavy (non-hydrogen) atoms. The Labute approximate surface area is 349 Å². The number of pyridine rings is 1. The van der Waals surface area contributed by atoms with Crippen LogP contribution in [-0.2, 0) is 11.2 Å². The first-order valence-electron chi connectivity index (χ1n) is 20.8. The molecule has 15 heteroatoms. The minimum Gasteiger partial charge on any atom is -0.497 e. The van der Waals surface area contributed by atoms with Gasteiger partial charge in [0, 0.05) is 66.5 Å². The average molecular weight is 824 g/mol. The Morgan fingerprint density at radius 1 is 1.07 bits per heavy atom. The van der Waals surface area contributed by atoms with Gasteiger partial charge >= 0.3 is 5.97 Å². The Morgan fingerprint density at radius 3 is 2.59 bits per heavy atom. The number of aliphatic hydroxyl groups excluding tert-OH is 1. The van der Waals surface area contributed by atoms with E-state index in [0.29, 0.717) is 59.1 Å². The highest BCUT2D eigenvalue weighted by Gasteiger charge is 2.66. The van der Waals surface area contributed by atoms with Crippen molar-refractivity contribution in [3.8, 4) is 5.75 Å². The maximum atomic E-state index is 12.9. The number of nitrogens with two attached hydrogens (primary N) is 1. The topological polar surface area (TPSA) is 193 Å². The third-order valence-corrected chi connectivity index (χ3v) is 13.9. The lowest BCUT2D eigenvalue weighted by Gasteiger charge is -2.69. The maximum absolute atomic E-state index is 12.9. The summed E-state index contributed by atoms with van der Waals surface area (Å²) in [4.78, 5) is 29.5. The molecule has 14 nitrogen and oxygen atoms in total. The highest BCUT2D eigenvalue weighted by molar-refractivity contribution is 7.22. The van der Waals surface area contributed by atoms with E-state index in [1.165, 1.54) is 24.0 Å². The van der Waals surface area contributed by atoms with Crippen LogP contribution in [0.2, 0.25) is 0 Å². The van der Waals surface area contributed by atoms with Gasteiger partial charge in [0.15, 0.2) is 22.5 Å². The van der Waals surface area contributed by atoms with E-state index in [1.807, 2.05) is 43.0 Å². The van der Waals surface area contributed by atoms with Crippen LogP contribution in [0.5, 0.6) is 5.75 Å². The third-order valence-electron chi connectivity index (χ3n) is 12.9. The van der Waals surface area contributed by atoms with Crippen LogP contribution in [-0.4, -0.2) is 94.2 Å². The predicted octanol–water partition coefficient (Wildman–Crippen LogP) is 7.19. The first-order valence-corrected chi connectivity index (χ1v) is 21.6. The zero-order valence-corrected chi connectivity index (χ0v) is 35.7. The van der Waals surface area contributed by atoms with Crippen LogP contribution < -0.4 is 26.0 Å². The summed E-state index contributed by atoms with van der Waals surface area (Å²) >= 11 is 1.53. The fraction of sp³-hybridized carbons (Fsp3) is 0.545. The second-order valence-electron chi connectivity index (χ2n) is 18.1. The summed E-state index contributed by atoms with van der Waals surface area (Å²) < 4.78 is 13.2. The molecule has 1 aromatic carbocycles. The summed E-state index contributed by atoms with van der Waals surface area (Å²) in [6, 6.07) is 9.45. The van der Waals surface area contributed by atoms with Crippen molar-refractivity contribution in [2.75, 3.05) is 56.7 Å². The molecule has 6 N–H and O–H groups in total. The number of ether oxygens (including phenoxy) is 2. The second-order valence-corrected chi connectivity index (χ2v) is 19.1. The lowest BCUT2D eigenvalue weighted by Crippen LogP contribution is -2.64. The van der Waals surface area contributed by atoms with E-state index in [0.717, 1.165) is 91.5 Å². The molecule has 4 bridgehead atoms. The van der Waals surface area contributed by atoms with E-state index in [4.69, 9.17) is 35.3 Å². The fourth-order valence-corrected chi connectivity index (χ4v) is 12.5. The second kappa shape index (κ2) is 16.1. The lowest BCUT2D eigenvalue weighted by atomic mass is 9.39. The highest BCUT2D eigenvalue weighted by Crippen LogP contribution is 2.71. The van der Waals surface area contributed by atoms with Gasteiger partial charge in [-0.1, -0.05) is 25.2 Å². The first kappa shape index (κ1) is 41.1. The van der Waals surface area contributed by atoms with Crippen LogP contribution in [0.15, 0.2) is 41.5 Å². The number of methoxy groups -OCH3 is 1. The maximum Gasteiger partial charge on any atom is 0.355 e. The standard InChI is InChI=1S/C44H57N9O5S/c1-27-30-8-6-15-53(38(30)52-51-37(27)50-40-48-33-18-29(57-5)9-11-34(33)59-40)35-12-10-31(36(49-35)39(55)56)32(19-45)28(2)47-26-43-21-41(3)20-42(4,22-43)24-44(23-41,25-43)58-17-14-46-13-7-16-54/h9-12,18-19,46,54H,6-8,13-17,20-26,45H2,1-5H3,(H,55,56)(H,48,50,51)/b32-19+,47-28?. The number of rotatable bonds is 16. The molecule has 4 aliphatic carbocycles. The Bertz CT molecular complexity index is 2290. The molecule has 0 amide bonds. The summed E-state index contributed by atoms with van der Waals surface area (Å²) in [7, 11) is 1.64. The summed E-state index contributed by atoms with van der Waals surface area (Å²) in [5, 5.41) is 36.4. The minimum absolute atomic E-state index is 0.0139. The van der Waals surface area contributed by atoms with Crippen LogP contribution in [0.1, 0.15) is 99.3 Å². The zero-order valence-electron chi connectivity index (χ0n) is 34.9. The van der Waals surface area contributed by atoms with Crippen LogP contribution in [0, 0.1) is 23.2 Å². The third kappa shape index (κ3) is 8.14. The number of allylic oxidation sites excluding steroid dienone is 1. The van der Waals surface area contributed by atoms with Crippen molar-refractivity contribution in [2.45, 2.75) is 91.1 Å². The molecule has 2 atom stereocenters. The van der Waals surface area contributed by atoms with E-state index in [2.05, 4.69) is 34.7 Å². The molecule has 0 saturated heterocycles. The number of aromatic carboxylic acids is 1. The van der Waals surface area contributed by atoms with Gasteiger partial charge in [0.1, 0.15) is 11.6 Å². The molecule has 5 aliphatic rings. The van der Waals surface area contributed by atoms with Gasteiger partial charge in [-0.2, -0.15) is 0 Å². The van der Waals surface area contributed by atoms with Gasteiger partial charge in [0.2, 0.25) is 0 Å². The van der Waals surface area contributed by atoms with Crippen molar-refractivity contribution in [3.63, 3.8) is 0 Å². The fourth-order valence-electron chi connectivity index (χ4n) is 11.7. The van der Waals surface area contributed by atoms with Crippen molar-refractivity contribution < 1.29 is 24.5 Å². The first-order chi connectivity index (χ1) is 28.3. The number of carboxylic acid groups (broad SMARTS) is 1. The van der Waals surface area contributed by atoms with Crippen molar-refractivity contribution in [1.29, 1.82) is 0 Å². The van der Waals surface area contributed by atoms with Gasteiger partial charge in [-0.3, -0.25) is 4.99 Å². The molecule has 4 saturated carbocycles. The van der Waals surface area contributed by atoms with Crippen LogP contribution in [0.3, 0.4) is 0 Å². The number of aliphatic imine (C=N–C) groups is 1. The molecule has 0 spiro atoms. The Hall–Kier alpha value is -4.70. The van der Waals surface area contributed by atoms with Gasteiger partial charge in [-0.25, -0.2) is 14.8 Å². The normalized spacial score (nSPS) is 26.4. The molecule has 2 unspecified atom stereocenters. The van der Waals surface area contributed by atoms with Crippen LogP contribution in [0.4, 0.5) is 22.6 Å². The Balaban J connectivity index is 1.01. The number of hydrogen-bond acceptors (Lipinski definition) is 14. The number of benzene rings is 1. The van der Waals surface area contributed by atoms with Crippen molar-refractivity contribution in [2.24, 2.45) is 27.0 Å². The molecule has 3 aromatic heterocycles. The van der Waals surface area contributed by atoms with Gasteiger partial charge in [0.05, 0.1) is 29.5 Å². The molecular weight excluding hydrogens is 767 g/mol. The van der Waals surface area contributed by atoms with Gasteiger partial charge in [-0.05, 0) is 119 Å². The van der Waals surface area contributed by atoms with E-state index >= 15 is 0 Å². The van der Waals surface area contributed by atoms with Crippen molar-refractivity contribution in [3.05, 3.63) is 58.9 Å². The van der Waals surface area contributed by atoms with Crippen molar-refractivity contribution in [1.82, 2.24) is 25.5 Å². The summed E-state index contributed by atoms with van der Waals surface area (Å²) in [5.41, 5.74) is 10.9. The van der Waals surface area contributed by atoms with E-state index in [1.54, 1.807) is 13.2 Å². The van der Waals surface area contributed by atoms with Gasteiger partial charge < -0.3 is 41.0 Å². The summed E-state index contributed by atoms with van der Waals surface area (Å²) in [6.07, 6.45) is 10.3. The zero-order chi connectivity index (χ0) is 41.6. The monoisotopic (exact) mass is 823 g/mol. The molecule has 4 aromatic rings. The SMILES string of the molecule is COc1ccc2sc(Nc3nnc4c(c3C)CCCN4c3ccc(/C(=C/N)C(C)=NCC45CC6(C)CC(C)(C4)CC(OCCNCCCO)(C6)C5)c(C(=O)O)n3)nc2c1. The van der Waals surface area contributed by atoms with E-state index < -0.39 is 5.97 Å². The number of carbonyl (C=O) groups is 1. The van der Waals surface area contributed by atoms with Crippen molar-refractivity contribution >= 4 is 61.4 Å². The van der Waals surface area contributed by atoms with E-state index in [9.17, 15) is 9.90 Å². The lowest BCUT2D eigenvalue weighted by molar-refractivity contribution is -0.241. The molecule has 9 rings (SSSR count). The molecule has 314 valence electrons. The minimum atomic E-state index is -1.15. The number of hydrogen-bond donors (Lipinski definition) is 5. The number of anilines is 4. The number of nitrogens with one attached hydrogen (secondary N) is 2. The highest BCUT2D eigenvalue weighted by atomic mass is 32.1. The average Bonchev–Trinajstić information content (AvgIpc) is 3.60. The van der Waals surface area contributed by atoms with Gasteiger partial charge in [0.25, 0.3) is 0 Å². The number of aromatic nitrogens is 4. The van der Waals surface area contributed by atoms with E-state index in [-0.39, 0.29) is 34.1 Å². The Morgan fingerprint density at radius 2 is 1.86 bits per heavy atom. The number of fused-ring (bicyclic) bond motifs is 2.